The average molecular weight is 333 g/mol. The Hall–Kier alpha value is -3.81. The number of hydrogen-bond donors (Lipinski definition) is 2. The average Bonchev–Trinajstić information content (AvgIpc) is 3.24. The van der Waals surface area contributed by atoms with Crippen molar-refractivity contribution >= 4 is 17.8 Å². The zero-order chi connectivity index (χ0) is 17.4. The lowest BCUT2D eigenvalue weighted by Gasteiger charge is -2.03. The van der Waals surface area contributed by atoms with Gasteiger partial charge in [0.1, 0.15) is 0 Å². The van der Waals surface area contributed by atoms with Crippen LogP contribution in [-0.4, -0.2) is 32.3 Å². The fourth-order valence-corrected chi connectivity index (χ4v) is 2.61. The number of hydrogen-bond acceptors (Lipinski definition) is 6. The van der Waals surface area contributed by atoms with Crippen LogP contribution in [0.25, 0.3) is 17.5 Å². The van der Waals surface area contributed by atoms with E-state index in [1.54, 1.807) is 30.3 Å². The van der Waals surface area contributed by atoms with Gasteiger partial charge in [-0.05, 0) is 35.1 Å². The molecule has 0 saturated heterocycles. The number of nitrogens with two attached hydrogens (primary N) is 1. The number of allylic oxidation sites excluding steroid dienone is 1. The molecule has 3 N–H and O–H groups in total. The summed E-state index contributed by atoms with van der Waals surface area (Å²) in [4.78, 5) is 24.0. The van der Waals surface area contributed by atoms with Gasteiger partial charge in [-0.1, -0.05) is 24.3 Å². The molecule has 1 aliphatic heterocycles. The number of carbonyl (C=O) groups is 2. The molecule has 0 bridgehead atoms. The Labute approximate surface area is 141 Å². The lowest BCUT2D eigenvalue weighted by atomic mass is 10.0. The zero-order valence-corrected chi connectivity index (χ0v) is 12.8. The highest BCUT2D eigenvalue weighted by molar-refractivity contribution is 6.16. The van der Waals surface area contributed by atoms with Crippen molar-refractivity contribution in [2.75, 3.05) is 0 Å². The number of nitrogens with zero attached hydrogens (tertiary/aromatic N) is 3. The van der Waals surface area contributed by atoms with E-state index in [4.69, 9.17) is 10.5 Å². The van der Waals surface area contributed by atoms with Crippen LogP contribution in [0.15, 0.2) is 48.2 Å². The highest BCUT2D eigenvalue weighted by atomic mass is 16.5. The minimum absolute atomic E-state index is 0.119. The van der Waals surface area contributed by atoms with Gasteiger partial charge >= 0.3 is 0 Å². The van der Waals surface area contributed by atoms with Crippen molar-refractivity contribution in [1.29, 1.82) is 0 Å². The number of Topliss-reactive ketones (excluding diaryl/α,β-unsaturated/α-hetero) is 1. The smallest absolute Gasteiger partial charge is 0.252 e. The Balaban J connectivity index is 1.72. The number of primary amides is 1. The van der Waals surface area contributed by atoms with Crippen LogP contribution in [-0.2, 0) is 0 Å². The molecule has 0 spiro atoms. The molecule has 2 aromatic carbocycles. The molecule has 2 heterocycles. The van der Waals surface area contributed by atoms with Crippen LogP contribution < -0.4 is 10.5 Å². The molecule has 8 heteroatoms. The molecular formula is C17H11N5O3. The van der Waals surface area contributed by atoms with Crippen molar-refractivity contribution < 1.29 is 14.3 Å². The fraction of sp³-hybridized carbons (Fsp3) is 0. The molecule has 122 valence electrons. The standard InChI is InChI=1S/C17H11N5O3/c18-16(24)12-6-2-5-11-14(23)13(25-15(11)12)8-9-3-1-4-10(7-9)17-19-21-22-20-17/h1-8H,(H2,18,24)(H,19,20,21,22)/b13-8-. The third-order valence-electron chi connectivity index (χ3n) is 3.75. The van der Waals surface area contributed by atoms with E-state index in [-0.39, 0.29) is 22.9 Å². The van der Waals surface area contributed by atoms with Crippen molar-refractivity contribution in [2.45, 2.75) is 0 Å². The van der Waals surface area contributed by atoms with Gasteiger partial charge in [-0.3, -0.25) is 9.59 Å². The van der Waals surface area contributed by atoms with Crippen LogP contribution in [0.1, 0.15) is 26.3 Å². The van der Waals surface area contributed by atoms with Crippen LogP contribution >= 0.6 is 0 Å². The van der Waals surface area contributed by atoms with Gasteiger partial charge in [0.05, 0.1) is 11.1 Å². The maximum atomic E-state index is 12.5. The Morgan fingerprint density at radius 1 is 1.20 bits per heavy atom. The second-order valence-corrected chi connectivity index (χ2v) is 5.35. The molecule has 1 aromatic heterocycles. The van der Waals surface area contributed by atoms with E-state index in [1.807, 2.05) is 12.1 Å². The van der Waals surface area contributed by atoms with Gasteiger partial charge in [-0.15, -0.1) is 10.2 Å². The van der Waals surface area contributed by atoms with Crippen molar-refractivity contribution in [3.05, 3.63) is 64.9 Å². The van der Waals surface area contributed by atoms with E-state index in [2.05, 4.69) is 20.6 Å². The molecule has 25 heavy (non-hydrogen) atoms. The van der Waals surface area contributed by atoms with E-state index in [9.17, 15) is 9.59 Å². The topological polar surface area (TPSA) is 124 Å². The number of carbonyl (C=O) groups excluding carboxylic acids is 2. The van der Waals surface area contributed by atoms with E-state index < -0.39 is 5.91 Å². The first-order chi connectivity index (χ1) is 12.1. The number of benzene rings is 2. The highest BCUT2D eigenvalue weighted by Gasteiger charge is 2.30. The molecular weight excluding hydrogens is 322 g/mol. The predicted octanol–water partition coefficient (Wildman–Crippen LogP) is 1.58. The van der Waals surface area contributed by atoms with Gasteiger partial charge in [-0.2, -0.15) is 5.21 Å². The molecule has 0 radical (unpaired) electrons. The van der Waals surface area contributed by atoms with Gasteiger partial charge in [0.15, 0.2) is 11.5 Å². The number of rotatable bonds is 3. The van der Waals surface area contributed by atoms with E-state index >= 15 is 0 Å². The molecule has 4 rings (SSSR count). The largest absolute Gasteiger partial charge is 0.452 e. The number of nitrogens with one attached hydrogen (secondary N) is 1. The SMILES string of the molecule is NC(=O)c1cccc2c1O/C(=C\c1cccc(-c3nn[nH]n3)c1)C2=O. The summed E-state index contributed by atoms with van der Waals surface area (Å²) >= 11 is 0. The van der Waals surface area contributed by atoms with Crippen molar-refractivity contribution in [1.82, 2.24) is 20.6 Å². The summed E-state index contributed by atoms with van der Waals surface area (Å²) in [5.74, 6) is -0.194. The molecule has 0 saturated carbocycles. The number of tetrazole rings is 1. The van der Waals surface area contributed by atoms with Crippen LogP contribution in [0.3, 0.4) is 0 Å². The lowest BCUT2D eigenvalue weighted by molar-refractivity contribution is 0.0991. The second-order valence-electron chi connectivity index (χ2n) is 5.35. The Kier molecular flexibility index (Phi) is 3.35. The van der Waals surface area contributed by atoms with Crippen molar-refractivity contribution in [3.8, 4) is 17.1 Å². The van der Waals surface area contributed by atoms with E-state index in [0.29, 0.717) is 11.4 Å². The number of H-pyrrole nitrogens is 1. The third-order valence-corrected chi connectivity index (χ3v) is 3.75. The quantitative estimate of drug-likeness (QED) is 0.701. The lowest BCUT2D eigenvalue weighted by Crippen LogP contribution is -2.11. The minimum Gasteiger partial charge on any atom is -0.452 e. The highest BCUT2D eigenvalue weighted by Crippen LogP contribution is 2.35. The van der Waals surface area contributed by atoms with Gasteiger partial charge in [0.2, 0.25) is 11.6 Å². The number of ketones is 1. The molecule has 0 atom stereocenters. The number of para-hydroxylation sites is 1. The summed E-state index contributed by atoms with van der Waals surface area (Å²) in [5, 5.41) is 13.8. The summed E-state index contributed by atoms with van der Waals surface area (Å²) in [6, 6.07) is 12.0. The third kappa shape index (κ3) is 2.55. The summed E-state index contributed by atoms with van der Waals surface area (Å²) in [6.45, 7) is 0. The van der Waals surface area contributed by atoms with Gasteiger partial charge in [-0.25, -0.2) is 0 Å². The molecule has 0 fully saturated rings. The molecule has 1 amide bonds. The number of aromatic amines is 1. The number of fused-ring (bicyclic) bond motifs is 1. The zero-order valence-electron chi connectivity index (χ0n) is 12.8. The molecule has 0 aliphatic carbocycles. The monoisotopic (exact) mass is 333 g/mol. The van der Waals surface area contributed by atoms with E-state index in [1.165, 1.54) is 6.07 Å². The van der Waals surface area contributed by atoms with Crippen LogP contribution in [0.2, 0.25) is 0 Å². The van der Waals surface area contributed by atoms with Gasteiger partial charge in [0, 0.05) is 5.56 Å². The maximum absolute atomic E-state index is 12.5. The van der Waals surface area contributed by atoms with Gasteiger partial charge < -0.3 is 10.5 Å². The Morgan fingerprint density at radius 3 is 2.80 bits per heavy atom. The summed E-state index contributed by atoms with van der Waals surface area (Å²) < 4.78 is 5.61. The molecule has 3 aromatic rings. The van der Waals surface area contributed by atoms with Crippen molar-refractivity contribution in [3.63, 3.8) is 0 Å². The second kappa shape index (κ2) is 5.68. The normalized spacial score (nSPS) is 14.4. The first-order valence-electron chi connectivity index (χ1n) is 7.34. The summed E-state index contributed by atoms with van der Waals surface area (Å²) in [7, 11) is 0. The summed E-state index contributed by atoms with van der Waals surface area (Å²) in [6.07, 6.45) is 1.59. The van der Waals surface area contributed by atoms with E-state index in [0.717, 1.165) is 11.1 Å². The number of aromatic nitrogens is 4. The van der Waals surface area contributed by atoms with Crippen molar-refractivity contribution in [2.24, 2.45) is 5.73 Å². The first-order valence-corrected chi connectivity index (χ1v) is 7.34. The van der Waals surface area contributed by atoms with Crippen LogP contribution in [0.5, 0.6) is 5.75 Å². The Bertz CT molecular complexity index is 1020. The molecule has 0 unspecified atom stereocenters. The number of amides is 1. The summed E-state index contributed by atoms with van der Waals surface area (Å²) in [5.41, 5.74) is 7.29. The first kappa shape index (κ1) is 14.8. The maximum Gasteiger partial charge on any atom is 0.252 e. The van der Waals surface area contributed by atoms with Crippen LogP contribution in [0, 0.1) is 0 Å². The molecule has 1 aliphatic rings. The minimum atomic E-state index is -0.648. The molecule has 8 nitrogen and oxygen atoms in total. The Morgan fingerprint density at radius 2 is 2.04 bits per heavy atom. The van der Waals surface area contributed by atoms with Crippen LogP contribution in [0.4, 0.5) is 0 Å². The number of ether oxygens (including phenoxy) is 1. The predicted molar refractivity (Wildman–Crippen MR) is 87.5 cm³/mol. The van der Waals surface area contributed by atoms with Gasteiger partial charge in [0.25, 0.3) is 5.91 Å². The fourth-order valence-electron chi connectivity index (χ4n) is 2.61.